The van der Waals surface area contributed by atoms with Crippen LogP contribution >= 0.6 is 23.5 Å². The van der Waals surface area contributed by atoms with Gasteiger partial charge in [0.05, 0.1) is 11.4 Å². The Kier molecular flexibility index (Phi) is 5.42. The Morgan fingerprint density at radius 1 is 0.577 bits per heavy atom. The molecule has 0 unspecified atom stereocenters. The average Bonchev–Trinajstić information content (AvgIpc) is 2.72. The fourth-order valence-corrected chi connectivity index (χ4v) is 4.29. The summed E-state index contributed by atoms with van der Waals surface area (Å²) >= 11 is 3.34. The lowest BCUT2D eigenvalue weighted by Crippen LogP contribution is -1.94. The summed E-state index contributed by atoms with van der Waals surface area (Å²) in [7, 11) is 0. The van der Waals surface area contributed by atoms with Crippen molar-refractivity contribution in [3.05, 3.63) is 84.4 Å². The van der Waals surface area contributed by atoms with Crippen LogP contribution in [0.4, 0.5) is 0 Å². The fourth-order valence-electron chi connectivity index (χ4n) is 2.52. The quantitative estimate of drug-likeness (QED) is 0.441. The van der Waals surface area contributed by atoms with Gasteiger partial charge in [-0.3, -0.25) is 9.97 Å². The van der Waals surface area contributed by atoms with E-state index in [2.05, 4.69) is 32.3 Å². The van der Waals surface area contributed by atoms with Crippen LogP contribution in [-0.4, -0.2) is 20.2 Å². The third-order valence-electron chi connectivity index (χ3n) is 3.79. The minimum absolute atomic E-state index is 0.778. The van der Waals surface area contributed by atoms with E-state index in [0.29, 0.717) is 0 Å². The molecule has 3 aromatic heterocycles. The zero-order valence-corrected chi connectivity index (χ0v) is 15.6. The molecule has 6 heteroatoms. The van der Waals surface area contributed by atoms with Crippen molar-refractivity contribution in [2.75, 3.05) is 0 Å². The van der Waals surface area contributed by atoms with E-state index in [4.69, 9.17) is 0 Å². The summed E-state index contributed by atoms with van der Waals surface area (Å²) in [6, 6.07) is 20.2. The van der Waals surface area contributed by atoms with E-state index in [1.807, 2.05) is 60.9 Å². The highest BCUT2D eigenvalue weighted by Crippen LogP contribution is 2.33. The molecule has 0 aliphatic heterocycles. The molecule has 3 heterocycles. The number of benzene rings is 1. The minimum Gasteiger partial charge on any atom is -0.260 e. The van der Waals surface area contributed by atoms with Crippen molar-refractivity contribution in [1.29, 1.82) is 0 Å². The van der Waals surface area contributed by atoms with Crippen LogP contribution in [0, 0.1) is 0 Å². The lowest BCUT2D eigenvalue weighted by Gasteiger charge is -2.08. The van der Waals surface area contributed by atoms with Gasteiger partial charge in [0.15, 0.2) is 0 Å². The molecule has 0 saturated heterocycles. The van der Waals surface area contributed by atoms with Gasteiger partial charge in [-0.25, -0.2) is 0 Å². The molecule has 0 aliphatic carbocycles. The normalized spacial score (nSPS) is 10.9. The Morgan fingerprint density at radius 3 is 1.46 bits per heavy atom. The van der Waals surface area contributed by atoms with Crippen LogP contribution in [0.2, 0.25) is 0 Å². The molecule has 0 N–H and O–H groups in total. The van der Waals surface area contributed by atoms with Crippen molar-refractivity contribution in [3.63, 3.8) is 0 Å². The number of rotatable bonds is 6. The van der Waals surface area contributed by atoms with Gasteiger partial charge in [-0.1, -0.05) is 59.9 Å². The topological polar surface area (TPSA) is 51.6 Å². The van der Waals surface area contributed by atoms with E-state index in [9.17, 15) is 0 Å². The monoisotopic (exact) mass is 376 g/mol. The zero-order chi connectivity index (χ0) is 17.6. The van der Waals surface area contributed by atoms with E-state index in [-0.39, 0.29) is 0 Å². The van der Waals surface area contributed by atoms with E-state index in [1.165, 1.54) is 0 Å². The SMILES string of the molecule is c1ccc(CSc2nnc(SCc3ccccn3)c3ccccc23)nc1. The first-order valence-electron chi connectivity index (χ1n) is 8.21. The van der Waals surface area contributed by atoms with Crippen molar-refractivity contribution >= 4 is 34.3 Å². The molecular weight excluding hydrogens is 360 g/mol. The number of nitrogens with zero attached hydrogens (tertiary/aromatic N) is 4. The lowest BCUT2D eigenvalue weighted by molar-refractivity contribution is 0.884. The van der Waals surface area contributed by atoms with E-state index in [0.717, 1.165) is 43.7 Å². The predicted molar refractivity (Wildman–Crippen MR) is 107 cm³/mol. The molecule has 0 amide bonds. The largest absolute Gasteiger partial charge is 0.260 e. The second-order valence-electron chi connectivity index (χ2n) is 5.58. The molecule has 4 aromatic rings. The van der Waals surface area contributed by atoms with Crippen molar-refractivity contribution < 1.29 is 0 Å². The van der Waals surface area contributed by atoms with Crippen LogP contribution in [0.3, 0.4) is 0 Å². The molecule has 0 bridgehead atoms. The van der Waals surface area contributed by atoms with Crippen LogP contribution in [0.1, 0.15) is 11.4 Å². The highest BCUT2D eigenvalue weighted by Gasteiger charge is 2.11. The third-order valence-corrected chi connectivity index (χ3v) is 5.82. The van der Waals surface area contributed by atoms with Crippen LogP contribution in [0.15, 0.2) is 83.1 Å². The van der Waals surface area contributed by atoms with Crippen molar-refractivity contribution in [2.24, 2.45) is 0 Å². The summed E-state index contributed by atoms with van der Waals surface area (Å²) in [6.07, 6.45) is 3.63. The van der Waals surface area contributed by atoms with Crippen LogP contribution in [0.5, 0.6) is 0 Å². The maximum atomic E-state index is 4.48. The molecule has 4 nitrogen and oxygen atoms in total. The van der Waals surface area contributed by atoms with Gasteiger partial charge in [0.2, 0.25) is 0 Å². The molecule has 0 atom stereocenters. The summed E-state index contributed by atoms with van der Waals surface area (Å²) in [5.74, 6) is 1.56. The highest BCUT2D eigenvalue weighted by molar-refractivity contribution is 7.99. The fraction of sp³-hybridized carbons (Fsp3) is 0.100. The van der Waals surface area contributed by atoms with Gasteiger partial charge in [-0.05, 0) is 24.3 Å². The summed E-state index contributed by atoms with van der Waals surface area (Å²) in [6.45, 7) is 0. The Bertz CT molecular complexity index is 912. The summed E-state index contributed by atoms with van der Waals surface area (Å²) in [5, 5.41) is 13.1. The van der Waals surface area contributed by atoms with Gasteiger partial charge in [0.25, 0.3) is 0 Å². The summed E-state index contributed by atoms with van der Waals surface area (Å²) in [4.78, 5) is 8.75. The first kappa shape index (κ1) is 17.0. The molecule has 0 spiro atoms. The third kappa shape index (κ3) is 4.03. The van der Waals surface area contributed by atoms with E-state index >= 15 is 0 Å². The van der Waals surface area contributed by atoms with Crippen LogP contribution in [-0.2, 0) is 11.5 Å². The van der Waals surface area contributed by atoms with E-state index in [1.54, 1.807) is 23.5 Å². The average molecular weight is 377 g/mol. The molecule has 128 valence electrons. The van der Waals surface area contributed by atoms with E-state index < -0.39 is 0 Å². The van der Waals surface area contributed by atoms with Gasteiger partial charge < -0.3 is 0 Å². The molecule has 0 radical (unpaired) electrons. The molecular formula is C20H16N4S2. The van der Waals surface area contributed by atoms with Crippen molar-refractivity contribution in [2.45, 2.75) is 21.6 Å². The smallest absolute Gasteiger partial charge is 0.127 e. The molecule has 1 aromatic carbocycles. The molecule has 0 fully saturated rings. The number of hydrogen-bond acceptors (Lipinski definition) is 6. The molecule has 4 rings (SSSR count). The Morgan fingerprint density at radius 2 is 1.04 bits per heavy atom. The van der Waals surface area contributed by atoms with Gasteiger partial charge in [0.1, 0.15) is 10.1 Å². The Balaban J connectivity index is 1.57. The second kappa shape index (κ2) is 8.29. The molecule has 0 saturated carbocycles. The minimum atomic E-state index is 0.778. The lowest BCUT2D eigenvalue weighted by atomic mass is 10.2. The first-order chi connectivity index (χ1) is 12.9. The summed E-state index contributed by atoms with van der Waals surface area (Å²) < 4.78 is 0. The van der Waals surface area contributed by atoms with Gasteiger partial charge in [-0.15, -0.1) is 10.2 Å². The zero-order valence-electron chi connectivity index (χ0n) is 13.9. The van der Waals surface area contributed by atoms with Gasteiger partial charge in [-0.2, -0.15) is 0 Å². The van der Waals surface area contributed by atoms with Crippen molar-refractivity contribution in [1.82, 2.24) is 20.2 Å². The Hall–Kier alpha value is -2.44. The number of fused-ring (bicyclic) bond motifs is 1. The maximum absolute atomic E-state index is 4.48. The van der Waals surface area contributed by atoms with Gasteiger partial charge in [0, 0.05) is 34.7 Å². The standard InChI is InChI=1S/C20H16N4S2/c1-2-10-18-17(9-1)19(25-13-15-7-3-5-11-21-15)23-24-20(18)26-14-16-8-4-6-12-22-16/h1-12H,13-14H2. The number of hydrogen-bond donors (Lipinski definition) is 0. The second-order valence-corrected chi connectivity index (χ2v) is 7.50. The van der Waals surface area contributed by atoms with Crippen LogP contribution < -0.4 is 0 Å². The highest BCUT2D eigenvalue weighted by atomic mass is 32.2. The number of pyridine rings is 2. The first-order valence-corrected chi connectivity index (χ1v) is 10.2. The Labute approximate surface area is 160 Å². The maximum Gasteiger partial charge on any atom is 0.127 e. The molecule has 0 aliphatic rings. The predicted octanol–water partition coefficient (Wildman–Crippen LogP) is 5.00. The number of aromatic nitrogens is 4. The van der Waals surface area contributed by atoms with Crippen LogP contribution in [0.25, 0.3) is 10.8 Å². The summed E-state index contributed by atoms with van der Waals surface area (Å²) in [5.41, 5.74) is 2.08. The number of thioether (sulfide) groups is 2. The van der Waals surface area contributed by atoms with Gasteiger partial charge >= 0.3 is 0 Å². The molecule has 26 heavy (non-hydrogen) atoms. The van der Waals surface area contributed by atoms with Crippen molar-refractivity contribution in [3.8, 4) is 0 Å².